The highest BCUT2D eigenvalue weighted by molar-refractivity contribution is 6.04. The van der Waals surface area contributed by atoms with Crippen LogP contribution in [-0.4, -0.2) is 32.8 Å². The van der Waals surface area contributed by atoms with E-state index in [1.807, 2.05) is 6.92 Å². The second-order valence-corrected chi connectivity index (χ2v) is 6.40. The van der Waals surface area contributed by atoms with Crippen LogP contribution in [0.2, 0.25) is 0 Å². The van der Waals surface area contributed by atoms with Crippen LogP contribution in [0, 0.1) is 0 Å². The number of nitrogens with one attached hydrogen (secondary N) is 2. The van der Waals surface area contributed by atoms with Crippen molar-refractivity contribution in [3.05, 3.63) is 76.4 Å². The quantitative estimate of drug-likeness (QED) is 0.509. The predicted molar refractivity (Wildman–Crippen MR) is 110 cm³/mol. The maximum atomic E-state index is 12.8. The van der Waals surface area contributed by atoms with Crippen molar-refractivity contribution in [3.63, 3.8) is 0 Å². The Morgan fingerprint density at radius 1 is 1.23 bits per heavy atom. The van der Waals surface area contributed by atoms with Gasteiger partial charge in [-0.15, -0.1) is 0 Å². The van der Waals surface area contributed by atoms with Gasteiger partial charge in [0.15, 0.2) is 5.76 Å². The number of benzene rings is 1. The van der Waals surface area contributed by atoms with Crippen LogP contribution < -0.4 is 15.6 Å². The van der Waals surface area contributed by atoms with E-state index < -0.39 is 0 Å². The molecule has 9 nitrogen and oxygen atoms in total. The molecule has 0 saturated carbocycles. The molecule has 0 spiro atoms. The Morgan fingerprint density at radius 3 is 2.83 bits per heavy atom. The fourth-order valence-electron chi connectivity index (χ4n) is 2.90. The number of H-pyrrole nitrogens is 1. The Bertz CT molecular complexity index is 1240. The molecule has 3 heterocycles. The Balaban J connectivity index is 1.77. The van der Waals surface area contributed by atoms with E-state index in [2.05, 4.69) is 20.4 Å². The Hall–Kier alpha value is -4.14. The lowest BCUT2D eigenvalue weighted by Crippen LogP contribution is -2.19. The Labute approximate surface area is 171 Å². The lowest BCUT2D eigenvalue weighted by molar-refractivity contribution is 0.102. The molecule has 0 atom stereocenters. The summed E-state index contributed by atoms with van der Waals surface area (Å²) in [5.74, 6) is 1.23. The summed E-state index contributed by atoms with van der Waals surface area (Å²) in [4.78, 5) is 32.0. The van der Waals surface area contributed by atoms with Crippen molar-refractivity contribution in [1.29, 1.82) is 0 Å². The monoisotopic (exact) mass is 405 g/mol. The minimum absolute atomic E-state index is 0.193. The summed E-state index contributed by atoms with van der Waals surface area (Å²) in [5, 5.41) is 7.29. The molecule has 0 radical (unpaired) electrons. The highest BCUT2D eigenvalue weighted by Gasteiger charge is 2.18. The molecule has 30 heavy (non-hydrogen) atoms. The first kappa shape index (κ1) is 19.2. The van der Waals surface area contributed by atoms with Gasteiger partial charge in [0.1, 0.15) is 17.3 Å². The molecule has 152 valence electrons. The van der Waals surface area contributed by atoms with Gasteiger partial charge in [-0.05, 0) is 36.8 Å². The van der Waals surface area contributed by atoms with Gasteiger partial charge >= 0.3 is 0 Å². The summed E-state index contributed by atoms with van der Waals surface area (Å²) in [6, 6.07) is 13.3. The topological polar surface area (TPSA) is 115 Å². The van der Waals surface area contributed by atoms with Gasteiger partial charge in [-0.1, -0.05) is 13.0 Å². The number of hydrogen-bond donors (Lipinski definition) is 2. The van der Waals surface area contributed by atoms with E-state index in [0.29, 0.717) is 40.7 Å². The number of aromatic nitrogens is 4. The van der Waals surface area contributed by atoms with Gasteiger partial charge in [-0.2, -0.15) is 9.78 Å². The summed E-state index contributed by atoms with van der Waals surface area (Å²) in [6.45, 7) is 1.90. The minimum atomic E-state index is -0.366. The molecule has 0 aliphatic carbocycles. The number of methoxy groups -OCH3 is 1. The number of hydrogen-bond acceptors (Lipinski definition) is 6. The zero-order valence-corrected chi connectivity index (χ0v) is 16.4. The average molecular weight is 405 g/mol. The van der Waals surface area contributed by atoms with Crippen LogP contribution in [0.5, 0.6) is 5.75 Å². The zero-order valence-electron chi connectivity index (χ0n) is 16.4. The standard InChI is InChI=1S/C21H19N5O4/c1-3-14-11-19(27)24-21(22-14)26-18(12-16(25-26)17-8-5-9-30-17)23-20(28)13-6-4-7-15(10-13)29-2/h4-12H,3H2,1-2H3,(H,23,28)(H,22,24,27). The number of rotatable bonds is 6. The number of nitrogens with zero attached hydrogens (tertiary/aromatic N) is 3. The number of aromatic amines is 1. The first-order chi connectivity index (χ1) is 14.6. The lowest BCUT2D eigenvalue weighted by Gasteiger charge is -2.09. The molecular formula is C21H19N5O4. The maximum Gasteiger partial charge on any atom is 0.256 e. The highest BCUT2D eigenvalue weighted by Crippen LogP contribution is 2.24. The van der Waals surface area contributed by atoms with Crippen molar-refractivity contribution in [2.75, 3.05) is 12.4 Å². The summed E-state index contributed by atoms with van der Waals surface area (Å²) in [5.41, 5.74) is 1.18. The van der Waals surface area contributed by atoms with Crippen molar-refractivity contribution in [3.8, 4) is 23.2 Å². The van der Waals surface area contributed by atoms with Gasteiger partial charge in [-0.25, -0.2) is 4.98 Å². The molecular weight excluding hydrogens is 386 g/mol. The van der Waals surface area contributed by atoms with E-state index in [-0.39, 0.29) is 17.4 Å². The normalized spacial score (nSPS) is 10.7. The van der Waals surface area contributed by atoms with Crippen LogP contribution in [0.25, 0.3) is 17.4 Å². The molecule has 0 fully saturated rings. The second-order valence-electron chi connectivity index (χ2n) is 6.40. The van der Waals surface area contributed by atoms with E-state index in [1.165, 1.54) is 24.1 Å². The van der Waals surface area contributed by atoms with Gasteiger partial charge < -0.3 is 14.5 Å². The van der Waals surface area contributed by atoms with E-state index in [1.54, 1.807) is 42.5 Å². The lowest BCUT2D eigenvalue weighted by atomic mass is 10.2. The number of aryl methyl sites for hydroxylation is 1. The molecule has 0 aliphatic heterocycles. The molecule has 9 heteroatoms. The van der Waals surface area contributed by atoms with E-state index >= 15 is 0 Å². The van der Waals surface area contributed by atoms with Crippen LogP contribution >= 0.6 is 0 Å². The third-order valence-corrected chi connectivity index (χ3v) is 4.40. The van der Waals surface area contributed by atoms with Crippen molar-refractivity contribution in [1.82, 2.24) is 19.7 Å². The molecule has 3 aromatic heterocycles. The van der Waals surface area contributed by atoms with Crippen molar-refractivity contribution in [2.24, 2.45) is 0 Å². The van der Waals surface area contributed by atoms with Crippen LogP contribution in [0.1, 0.15) is 23.0 Å². The Morgan fingerprint density at radius 2 is 2.10 bits per heavy atom. The first-order valence-corrected chi connectivity index (χ1v) is 9.27. The Kier molecular flexibility index (Phi) is 5.17. The van der Waals surface area contributed by atoms with Crippen molar-refractivity contribution < 1.29 is 13.9 Å². The summed E-state index contributed by atoms with van der Waals surface area (Å²) in [6.07, 6.45) is 2.11. The molecule has 0 saturated heterocycles. The van der Waals surface area contributed by atoms with Gasteiger partial charge in [-0.3, -0.25) is 14.6 Å². The van der Waals surface area contributed by atoms with Crippen molar-refractivity contribution >= 4 is 11.7 Å². The summed E-state index contributed by atoms with van der Waals surface area (Å²) < 4.78 is 12.0. The molecule has 0 bridgehead atoms. The molecule has 0 aliphatic rings. The van der Waals surface area contributed by atoms with E-state index in [9.17, 15) is 9.59 Å². The molecule has 0 unspecified atom stereocenters. The smallest absolute Gasteiger partial charge is 0.256 e. The largest absolute Gasteiger partial charge is 0.497 e. The molecule has 2 N–H and O–H groups in total. The molecule has 1 amide bonds. The third kappa shape index (κ3) is 3.86. The number of anilines is 1. The fraction of sp³-hybridized carbons (Fsp3) is 0.143. The fourth-order valence-corrected chi connectivity index (χ4v) is 2.90. The van der Waals surface area contributed by atoms with Crippen LogP contribution in [0.15, 0.2) is 64.0 Å². The summed E-state index contributed by atoms with van der Waals surface area (Å²) >= 11 is 0. The number of carbonyl (C=O) groups excluding carboxylic acids is 1. The van der Waals surface area contributed by atoms with Gasteiger partial charge in [0.25, 0.3) is 11.5 Å². The average Bonchev–Trinajstić information content (AvgIpc) is 3.43. The molecule has 4 rings (SSSR count). The SMILES string of the molecule is CCc1cc(=O)[nH]c(-n2nc(-c3ccco3)cc2NC(=O)c2cccc(OC)c2)n1. The number of ether oxygens (including phenoxy) is 1. The van der Waals surface area contributed by atoms with Gasteiger partial charge in [0.05, 0.1) is 13.4 Å². The number of furan rings is 1. The highest BCUT2D eigenvalue weighted by atomic mass is 16.5. The third-order valence-electron chi connectivity index (χ3n) is 4.40. The minimum Gasteiger partial charge on any atom is -0.497 e. The predicted octanol–water partition coefficient (Wildman–Crippen LogP) is 3.04. The van der Waals surface area contributed by atoms with Crippen LogP contribution in [0.4, 0.5) is 5.82 Å². The first-order valence-electron chi connectivity index (χ1n) is 9.27. The summed E-state index contributed by atoms with van der Waals surface area (Å²) in [7, 11) is 1.53. The number of amides is 1. The van der Waals surface area contributed by atoms with Gasteiger partial charge in [0, 0.05) is 23.4 Å². The van der Waals surface area contributed by atoms with Crippen LogP contribution in [0.3, 0.4) is 0 Å². The van der Waals surface area contributed by atoms with E-state index in [4.69, 9.17) is 9.15 Å². The maximum absolute atomic E-state index is 12.8. The van der Waals surface area contributed by atoms with E-state index in [0.717, 1.165) is 0 Å². The number of carbonyl (C=O) groups is 1. The zero-order chi connectivity index (χ0) is 21.1. The van der Waals surface area contributed by atoms with Crippen LogP contribution in [-0.2, 0) is 6.42 Å². The second kappa shape index (κ2) is 8.08. The van der Waals surface area contributed by atoms with Gasteiger partial charge in [0.2, 0.25) is 5.95 Å². The molecule has 4 aromatic rings. The molecule has 1 aromatic carbocycles. The van der Waals surface area contributed by atoms with Crippen molar-refractivity contribution in [2.45, 2.75) is 13.3 Å².